The standard InChI is InChI=1S/C16H17O/c1-11-7-5-8-12(2)16(11)14-9-6-10-15(17-4)13(14)3/h6-10H,1-4H3. The lowest BCUT2D eigenvalue weighted by Crippen LogP contribution is -1.93. The van der Waals surface area contributed by atoms with E-state index in [2.05, 4.69) is 32.9 Å². The van der Waals surface area contributed by atoms with Crippen molar-refractivity contribution in [3.63, 3.8) is 0 Å². The molecular formula is C16H17O. The van der Waals surface area contributed by atoms with Crippen LogP contribution >= 0.6 is 0 Å². The van der Waals surface area contributed by atoms with E-state index in [0.29, 0.717) is 0 Å². The number of aryl methyl sites for hydroxylation is 2. The summed E-state index contributed by atoms with van der Waals surface area (Å²) in [5.74, 6) is 0.939. The van der Waals surface area contributed by atoms with Gasteiger partial charge in [0.15, 0.2) is 0 Å². The molecule has 1 heteroatoms. The largest absolute Gasteiger partial charge is 0.496 e. The Bertz CT molecular complexity index is 521. The summed E-state index contributed by atoms with van der Waals surface area (Å²) in [6, 6.07) is 13.4. The number of hydrogen-bond acceptors (Lipinski definition) is 1. The lowest BCUT2D eigenvalue weighted by atomic mass is 9.92. The van der Waals surface area contributed by atoms with Gasteiger partial charge in [0.05, 0.1) is 7.11 Å². The maximum absolute atomic E-state index is 5.38. The van der Waals surface area contributed by atoms with Crippen LogP contribution in [0.5, 0.6) is 5.75 Å². The third kappa shape index (κ3) is 2.05. The first-order valence-electron chi connectivity index (χ1n) is 5.76. The van der Waals surface area contributed by atoms with Crippen LogP contribution < -0.4 is 4.74 Å². The number of hydrogen-bond donors (Lipinski definition) is 0. The van der Waals surface area contributed by atoms with Gasteiger partial charge in [-0.3, -0.25) is 0 Å². The molecule has 0 N–H and O–H groups in total. The number of methoxy groups -OCH3 is 1. The van der Waals surface area contributed by atoms with E-state index >= 15 is 0 Å². The van der Waals surface area contributed by atoms with Gasteiger partial charge < -0.3 is 4.74 Å². The first-order chi connectivity index (χ1) is 8.15. The van der Waals surface area contributed by atoms with Gasteiger partial charge in [0, 0.05) is 0 Å². The van der Waals surface area contributed by atoms with Crippen molar-refractivity contribution in [3.05, 3.63) is 53.1 Å². The molecular weight excluding hydrogens is 208 g/mol. The molecule has 2 rings (SSSR count). The van der Waals surface area contributed by atoms with E-state index in [1.165, 1.54) is 27.8 Å². The van der Waals surface area contributed by atoms with Gasteiger partial charge in [0.25, 0.3) is 0 Å². The summed E-state index contributed by atoms with van der Waals surface area (Å²) in [6.45, 7) is 6.35. The molecule has 0 heterocycles. The molecule has 87 valence electrons. The van der Waals surface area contributed by atoms with Gasteiger partial charge in [-0.2, -0.15) is 0 Å². The molecule has 1 nitrogen and oxygen atoms in total. The quantitative estimate of drug-likeness (QED) is 0.748. The third-order valence-electron chi connectivity index (χ3n) is 3.16. The molecule has 0 fully saturated rings. The van der Waals surface area contributed by atoms with Crippen LogP contribution in [0.2, 0.25) is 0 Å². The van der Waals surface area contributed by atoms with Crippen LogP contribution in [0.3, 0.4) is 0 Å². The van der Waals surface area contributed by atoms with Crippen molar-refractivity contribution in [2.45, 2.75) is 20.8 Å². The van der Waals surface area contributed by atoms with Crippen molar-refractivity contribution in [1.29, 1.82) is 0 Å². The Hall–Kier alpha value is -1.76. The molecule has 2 aromatic rings. The van der Waals surface area contributed by atoms with E-state index in [1.54, 1.807) is 7.11 Å². The molecule has 0 saturated carbocycles. The topological polar surface area (TPSA) is 9.23 Å². The first kappa shape index (κ1) is 11.7. The van der Waals surface area contributed by atoms with Gasteiger partial charge in [0.1, 0.15) is 5.75 Å². The molecule has 1 radical (unpaired) electrons. The summed E-state index contributed by atoms with van der Waals surface area (Å²) in [4.78, 5) is 0. The summed E-state index contributed by atoms with van der Waals surface area (Å²) in [7, 11) is 1.71. The van der Waals surface area contributed by atoms with Crippen LogP contribution in [0, 0.1) is 26.8 Å². The SMILES string of the molecule is COc1cccc(-c2c(C)c[c]cc2C)c1C. The lowest BCUT2D eigenvalue weighted by Gasteiger charge is -2.14. The Morgan fingerprint density at radius 3 is 2.24 bits per heavy atom. The predicted molar refractivity (Wildman–Crippen MR) is 71.5 cm³/mol. The van der Waals surface area contributed by atoms with E-state index in [9.17, 15) is 0 Å². The fraction of sp³-hybridized carbons (Fsp3) is 0.250. The highest BCUT2D eigenvalue weighted by molar-refractivity contribution is 5.75. The second-order valence-corrected chi connectivity index (χ2v) is 4.33. The first-order valence-corrected chi connectivity index (χ1v) is 5.76. The Labute approximate surface area is 103 Å². The van der Waals surface area contributed by atoms with E-state index in [0.717, 1.165) is 5.75 Å². The van der Waals surface area contributed by atoms with Crippen molar-refractivity contribution in [2.24, 2.45) is 0 Å². The number of ether oxygens (including phenoxy) is 1. The summed E-state index contributed by atoms with van der Waals surface area (Å²) in [5.41, 5.74) is 6.23. The predicted octanol–water partition coefficient (Wildman–Crippen LogP) is 4.09. The molecule has 2 aromatic carbocycles. The molecule has 0 bridgehead atoms. The van der Waals surface area contributed by atoms with Crippen molar-refractivity contribution in [1.82, 2.24) is 0 Å². The van der Waals surface area contributed by atoms with E-state index < -0.39 is 0 Å². The average Bonchev–Trinajstić information content (AvgIpc) is 2.31. The molecule has 0 aliphatic rings. The van der Waals surface area contributed by atoms with Crippen molar-refractivity contribution >= 4 is 0 Å². The van der Waals surface area contributed by atoms with Gasteiger partial charge in [-0.05, 0) is 60.7 Å². The van der Waals surface area contributed by atoms with Gasteiger partial charge in [-0.1, -0.05) is 24.3 Å². The monoisotopic (exact) mass is 225 g/mol. The van der Waals surface area contributed by atoms with Gasteiger partial charge in [0.2, 0.25) is 0 Å². The van der Waals surface area contributed by atoms with Gasteiger partial charge >= 0.3 is 0 Å². The second-order valence-electron chi connectivity index (χ2n) is 4.33. The van der Waals surface area contributed by atoms with Crippen LogP contribution in [-0.4, -0.2) is 7.11 Å². The maximum atomic E-state index is 5.38. The number of rotatable bonds is 2. The second kappa shape index (κ2) is 4.62. The zero-order valence-electron chi connectivity index (χ0n) is 10.8. The minimum Gasteiger partial charge on any atom is -0.496 e. The van der Waals surface area contributed by atoms with Crippen molar-refractivity contribution in [2.75, 3.05) is 7.11 Å². The minimum absolute atomic E-state index is 0.939. The van der Waals surface area contributed by atoms with E-state index in [4.69, 9.17) is 4.74 Å². The van der Waals surface area contributed by atoms with Crippen molar-refractivity contribution in [3.8, 4) is 16.9 Å². The summed E-state index contributed by atoms with van der Waals surface area (Å²) < 4.78 is 5.38. The molecule has 17 heavy (non-hydrogen) atoms. The molecule has 0 saturated heterocycles. The van der Waals surface area contributed by atoms with Crippen molar-refractivity contribution < 1.29 is 4.74 Å². The Kier molecular flexibility index (Phi) is 3.19. The summed E-state index contributed by atoms with van der Waals surface area (Å²) in [6.07, 6.45) is 0. The molecule has 0 atom stereocenters. The zero-order chi connectivity index (χ0) is 12.4. The lowest BCUT2D eigenvalue weighted by molar-refractivity contribution is 0.412. The minimum atomic E-state index is 0.939. The molecule has 0 aliphatic carbocycles. The molecule has 0 amide bonds. The summed E-state index contributed by atoms with van der Waals surface area (Å²) >= 11 is 0. The molecule has 0 spiro atoms. The third-order valence-corrected chi connectivity index (χ3v) is 3.16. The van der Waals surface area contributed by atoms with Crippen LogP contribution in [0.1, 0.15) is 16.7 Å². The zero-order valence-corrected chi connectivity index (χ0v) is 10.8. The Morgan fingerprint density at radius 2 is 1.65 bits per heavy atom. The maximum Gasteiger partial charge on any atom is 0.122 e. The van der Waals surface area contributed by atoms with Gasteiger partial charge in [-0.25, -0.2) is 0 Å². The van der Waals surface area contributed by atoms with E-state index in [-0.39, 0.29) is 0 Å². The fourth-order valence-corrected chi connectivity index (χ4v) is 2.28. The van der Waals surface area contributed by atoms with E-state index in [1.807, 2.05) is 24.3 Å². The highest BCUT2D eigenvalue weighted by Gasteiger charge is 2.10. The van der Waals surface area contributed by atoms with Crippen LogP contribution in [-0.2, 0) is 0 Å². The molecule has 0 aliphatic heterocycles. The highest BCUT2D eigenvalue weighted by Crippen LogP contribution is 2.33. The highest BCUT2D eigenvalue weighted by atomic mass is 16.5. The Morgan fingerprint density at radius 1 is 1.00 bits per heavy atom. The number of benzene rings is 2. The molecule has 0 aromatic heterocycles. The normalized spacial score (nSPS) is 10.4. The van der Waals surface area contributed by atoms with Crippen LogP contribution in [0.25, 0.3) is 11.1 Å². The van der Waals surface area contributed by atoms with Crippen LogP contribution in [0.15, 0.2) is 30.3 Å². The summed E-state index contributed by atoms with van der Waals surface area (Å²) in [5, 5.41) is 0. The van der Waals surface area contributed by atoms with Crippen LogP contribution in [0.4, 0.5) is 0 Å². The smallest absolute Gasteiger partial charge is 0.122 e. The fourth-order valence-electron chi connectivity index (χ4n) is 2.28. The van der Waals surface area contributed by atoms with Gasteiger partial charge in [-0.15, -0.1) is 0 Å². The Balaban J connectivity index is 2.69. The average molecular weight is 225 g/mol. The molecule has 0 unspecified atom stereocenters.